The van der Waals surface area contributed by atoms with Crippen molar-refractivity contribution in [1.29, 1.82) is 0 Å². The summed E-state index contributed by atoms with van der Waals surface area (Å²) in [5.41, 5.74) is 2.22. The third-order valence-corrected chi connectivity index (χ3v) is 8.04. The van der Waals surface area contributed by atoms with E-state index in [1.54, 1.807) is 0 Å². The van der Waals surface area contributed by atoms with Gasteiger partial charge in [0.25, 0.3) is 0 Å². The zero-order valence-electron chi connectivity index (χ0n) is 21.0. The van der Waals surface area contributed by atoms with Crippen LogP contribution in [0.25, 0.3) is 0 Å². The SMILES string of the molecule is CC(C)c1nc2c(c3c1[C@H](c1ccc(C(F)(F)F)cc1)OC31CCC(F)(F)CC1)[C@@H](O)CC(C)(C)C2. The fraction of sp³-hybridized carbons (Fsp3) is 0.607. The van der Waals surface area contributed by atoms with Gasteiger partial charge < -0.3 is 9.84 Å². The Bertz CT molecular complexity index is 1160. The molecule has 0 unspecified atom stereocenters. The van der Waals surface area contributed by atoms with E-state index in [1.165, 1.54) is 12.1 Å². The zero-order chi connectivity index (χ0) is 26.3. The molecule has 3 nitrogen and oxygen atoms in total. The summed E-state index contributed by atoms with van der Waals surface area (Å²) in [7, 11) is 0. The maximum absolute atomic E-state index is 14.3. The average molecular weight is 510 g/mol. The van der Waals surface area contributed by atoms with Gasteiger partial charge in [-0.25, -0.2) is 8.78 Å². The number of alkyl halides is 5. The van der Waals surface area contributed by atoms with Crippen LogP contribution in [-0.2, 0) is 22.9 Å². The van der Waals surface area contributed by atoms with Crippen LogP contribution in [0.3, 0.4) is 0 Å². The number of hydrogen-bond acceptors (Lipinski definition) is 3. The van der Waals surface area contributed by atoms with E-state index in [4.69, 9.17) is 9.72 Å². The van der Waals surface area contributed by atoms with Gasteiger partial charge in [-0.1, -0.05) is 39.8 Å². The van der Waals surface area contributed by atoms with Crippen LogP contribution in [0.5, 0.6) is 0 Å². The number of benzene rings is 1. The first-order valence-corrected chi connectivity index (χ1v) is 12.6. The van der Waals surface area contributed by atoms with Crippen LogP contribution in [0.15, 0.2) is 24.3 Å². The lowest BCUT2D eigenvalue weighted by molar-refractivity contribution is -0.141. The van der Waals surface area contributed by atoms with Gasteiger partial charge in [-0.15, -0.1) is 0 Å². The first-order valence-electron chi connectivity index (χ1n) is 12.6. The molecule has 8 heteroatoms. The van der Waals surface area contributed by atoms with E-state index >= 15 is 0 Å². The van der Waals surface area contributed by atoms with E-state index < -0.39 is 35.5 Å². The number of hydrogen-bond donors (Lipinski definition) is 1. The van der Waals surface area contributed by atoms with E-state index in [2.05, 4.69) is 13.8 Å². The number of aliphatic hydroxyl groups is 1. The second-order valence-corrected chi connectivity index (χ2v) is 11.8. The molecule has 1 aromatic heterocycles. The van der Waals surface area contributed by atoms with Gasteiger partial charge in [-0.2, -0.15) is 13.2 Å². The Morgan fingerprint density at radius 2 is 1.61 bits per heavy atom. The second kappa shape index (κ2) is 8.22. The molecular formula is C28H32F5NO2. The number of ether oxygens (including phenoxy) is 1. The molecule has 3 aliphatic rings. The molecular weight excluding hydrogens is 477 g/mol. The molecule has 2 aromatic rings. The van der Waals surface area contributed by atoms with Crippen molar-refractivity contribution in [3.05, 3.63) is 63.5 Å². The number of nitrogens with zero attached hydrogens (tertiary/aromatic N) is 1. The van der Waals surface area contributed by atoms with Crippen molar-refractivity contribution in [3.63, 3.8) is 0 Å². The van der Waals surface area contributed by atoms with Gasteiger partial charge >= 0.3 is 6.18 Å². The second-order valence-electron chi connectivity index (χ2n) is 11.8. The normalized spacial score (nSPS) is 26.2. The lowest BCUT2D eigenvalue weighted by atomic mass is 9.68. The highest BCUT2D eigenvalue weighted by Crippen LogP contribution is 2.60. The van der Waals surface area contributed by atoms with E-state index in [0.29, 0.717) is 24.0 Å². The molecule has 2 atom stereocenters. The molecule has 36 heavy (non-hydrogen) atoms. The van der Waals surface area contributed by atoms with Crippen LogP contribution < -0.4 is 0 Å². The Balaban J connectivity index is 1.73. The lowest BCUT2D eigenvalue weighted by Crippen LogP contribution is -2.38. The maximum Gasteiger partial charge on any atom is 0.416 e. The van der Waals surface area contributed by atoms with E-state index in [9.17, 15) is 27.1 Å². The van der Waals surface area contributed by atoms with Crippen LogP contribution in [0.2, 0.25) is 0 Å². The Morgan fingerprint density at radius 3 is 2.17 bits per heavy atom. The van der Waals surface area contributed by atoms with Crippen molar-refractivity contribution in [2.24, 2.45) is 5.41 Å². The Hall–Kier alpha value is -2.06. The molecule has 2 heterocycles. The van der Waals surface area contributed by atoms with Crippen molar-refractivity contribution in [2.75, 3.05) is 0 Å². The quantitative estimate of drug-likeness (QED) is 0.421. The highest BCUT2D eigenvalue weighted by atomic mass is 19.4. The van der Waals surface area contributed by atoms with E-state index in [1.807, 2.05) is 13.8 Å². The minimum atomic E-state index is -4.47. The number of aromatic nitrogens is 1. The van der Waals surface area contributed by atoms with Gasteiger partial charge in [0.05, 0.1) is 17.3 Å². The van der Waals surface area contributed by atoms with Gasteiger partial charge in [-0.05, 0) is 60.3 Å². The minimum Gasteiger partial charge on any atom is -0.388 e. The summed E-state index contributed by atoms with van der Waals surface area (Å²) in [6, 6.07) is 4.85. The topological polar surface area (TPSA) is 42.4 Å². The van der Waals surface area contributed by atoms with Crippen molar-refractivity contribution >= 4 is 0 Å². The molecule has 196 valence electrons. The standard InChI is InChI=1S/C28H32F5NO2/c1-15(2)23-21-22(20-18(34-23)13-25(3,4)14-19(20)35)26(9-11-27(29,30)12-10-26)36-24(21)16-5-7-17(8-6-16)28(31,32)33/h5-8,15,19,24,35H,9-14H2,1-4H3/t19-,24-/m0/s1. The van der Waals surface area contributed by atoms with Gasteiger partial charge in [0.1, 0.15) is 6.10 Å². The summed E-state index contributed by atoms with van der Waals surface area (Å²) in [5.74, 6) is -2.83. The Morgan fingerprint density at radius 1 is 1.00 bits per heavy atom. The monoisotopic (exact) mass is 509 g/mol. The van der Waals surface area contributed by atoms with Crippen LogP contribution in [-0.4, -0.2) is 16.0 Å². The van der Waals surface area contributed by atoms with E-state index in [-0.39, 0.29) is 37.0 Å². The molecule has 1 spiro atoms. The number of halogens is 5. The summed E-state index contributed by atoms with van der Waals surface area (Å²) in [5, 5.41) is 11.3. The summed E-state index contributed by atoms with van der Waals surface area (Å²) in [6.07, 6.45) is -5.42. The third-order valence-electron chi connectivity index (χ3n) is 8.04. The fourth-order valence-electron chi connectivity index (χ4n) is 6.34. The summed E-state index contributed by atoms with van der Waals surface area (Å²) in [6.45, 7) is 8.12. The molecule has 2 aliphatic carbocycles. The van der Waals surface area contributed by atoms with Gasteiger partial charge in [0.2, 0.25) is 5.92 Å². The molecule has 0 bridgehead atoms. The highest BCUT2D eigenvalue weighted by molar-refractivity contribution is 5.54. The van der Waals surface area contributed by atoms with Gasteiger partial charge in [0, 0.05) is 35.4 Å². The Labute approximate surface area is 208 Å². The van der Waals surface area contributed by atoms with Crippen LogP contribution >= 0.6 is 0 Å². The highest BCUT2D eigenvalue weighted by Gasteiger charge is 2.55. The van der Waals surface area contributed by atoms with Crippen LogP contribution in [0.1, 0.15) is 117 Å². The predicted molar refractivity (Wildman–Crippen MR) is 125 cm³/mol. The van der Waals surface area contributed by atoms with Gasteiger partial charge in [0.15, 0.2) is 0 Å². The number of fused-ring (bicyclic) bond motifs is 4. The molecule has 0 saturated heterocycles. The largest absolute Gasteiger partial charge is 0.416 e. The van der Waals surface area contributed by atoms with Gasteiger partial charge in [-0.3, -0.25) is 4.98 Å². The molecule has 1 fully saturated rings. The number of rotatable bonds is 2. The Kier molecular flexibility index (Phi) is 5.84. The molecule has 1 saturated carbocycles. The molecule has 1 aliphatic heterocycles. The minimum absolute atomic E-state index is 0.0352. The molecule has 5 rings (SSSR count). The van der Waals surface area contributed by atoms with Crippen molar-refractivity contribution in [1.82, 2.24) is 4.98 Å². The zero-order valence-corrected chi connectivity index (χ0v) is 21.0. The van der Waals surface area contributed by atoms with Crippen LogP contribution in [0, 0.1) is 5.41 Å². The summed E-state index contributed by atoms with van der Waals surface area (Å²) >= 11 is 0. The summed E-state index contributed by atoms with van der Waals surface area (Å²) < 4.78 is 74.9. The number of pyridine rings is 1. The molecule has 0 amide bonds. The average Bonchev–Trinajstić information content (AvgIpc) is 3.09. The van der Waals surface area contributed by atoms with Crippen molar-refractivity contribution < 1.29 is 31.8 Å². The van der Waals surface area contributed by atoms with Crippen molar-refractivity contribution in [3.8, 4) is 0 Å². The fourth-order valence-corrected chi connectivity index (χ4v) is 6.34. The third kappa shape index (κ3) is 4.24. The first kappa shape index (κ1) is 25.6. The van der Waals surface area contributed by atoms with Crippen LogP contribution in [0.4, 0.5) is 22.0 Å². The summed E-state index contributed by atoms with van der Waals surface area (Å²) in [4.78, 5) is 5.00. The smallest absolute Gasteiger partial charge is 0.388 e. The van der Waals surface area contributed by atoms with E-state index in [0.717, 1.165) is 34.6 Å². The molecule has 1 aromatic carbocycles. The maximum atomic E-state index is 14.3. The first-order chi connectivity index (χ1) is 16.6. The molecule has 0 radical (unpaired) electrons. The number of aliphatic hydroxyl groups excluding tert-OH is 1. The predicted octanol–water partition coefficient (Wildman–Crippen LogP) is 7.75. The lowest BCUT2D eigenvalue weighted by Gasteiger charge is -2.41. The van der Waals surface area contributed by atoms with Crippen molar-refractivity contribution in [2.45, 2.75) is 102 Å². The molecule has 1 N–H and O–H groups in total.